The van der Waals surface area contributed by atoms with Crippen molar-refractivity contribution in [1.82, 2.24) is 14.9 Å². The minimum Gasteiger partial charge on any atom is -0.354 e. The quantitative estimate of drug-likeness (QED) is 0.569. The second-order valence-electron chi connectivity index (χ2n) is 8.37. The molecule has 1 atom stereocenters. The van der Waals surface area contributed by atoms with Gasteiger partial charge in [0.1, 0.15) is 10.3 Å². The molecule has 6 nitrogen and oxygen atoms in total. The van der Waals surface area contributed by atoms with Crippen LogP contribution < -0.4 is 10.0 Å². The van der Waals surface area contributed by atoms with Gasteiger partial charge in [0, 0.05) is 18.1 Å². The van der Waals surface area contributed by atoms with Crippen molar-refractivity contribution in [2.45, 2.75) is 43.5 Å². The number of likely N-dealkylation sites (tertiary alicyclic amines) is 1. The van der Waals surface area contributed by atoms with Crippen LogP contribution in [0.1, 0.15) is 32.3 Å². The van der Waals surface area contributed by atoms with Crippen molar-refractivity contribution < 1.29 is 13.2 Å². The van der Waals surface area contributed by atoms with Crippen molar-refractivity contribution in [1.29, 1.82) is 0 Å². The minimum atomic E-state index is -3.70. The summed E-state index contributed by atoms with van der Waals surface area (Å²) in [6.45, 7) is 7.10. The fourth-order valence-electron chi connectivity index (χ4n) is 3.69. The normalized spacial score (nSPS) is 17.0. The van der Waals surface area contributed by atoms with E-state index < -0.39 is 16.1 Å². The molecule has 9 heteroatoms. The smallest absolute Gasteiger partial charge is 0.250 e. The summed E-state index contributed by atoms with van der Waals surface area (Å²) in [5.74, 6) is -0.0261. The number of halogens is 1. The highest BCUT2D eigenvalue weighted by atomic mass is 35.5. The molecule has 1 aliphatic rings. The summed E-state index contributed by atoms with van der Waals surface area (Å²) >= 11 is 7.09. The molecule has 1 aliphatic heterocycles. The number of hydrogen-bond acceptors (Lipinski definition) is 5. The van der Waals surface area contributed by atoms with Crippen molar-refractivity contribution in [2.24, 2.45) is 11.8 Å². The van der Waals surface area contributed by atoms with Gasteiger partial charge in [0.25, 0.3) is 10.0 Å². The van der Waals surface area contributed by atoms with Crippen LogP contribution in [0.4, 0.5) is 0 Å². The third-order valence-electron chi connectivity index (χ3n) is 5.58. The Bertz CT molecular complexity index is 939. The molecule has 1 fully saturated rings. The number of piperidine rings is 1. The maximum Gasteiger partial charge on any atom is 0.250 e. The van der Waals surface area contributed by atoms with E-state index in [1.807, 2.05) is 26.0 Å². The largest absolute Gasteiger partial charge is 0.354 e. The molecule has 0 radical (unpaired) electrons. The fraction of sp³-hybridized carbons (Fsp3) is 0.500. The molecular formula is C22H30ClN3O3S2. The number of hydrogen-bond donors (Lipinski definition) is 2. The Morgan fingerprint density at radius 3 is 2.45 bits per heavy atom. The summed E-state index contributed by atoms with van der Waals surface area (Å²) in [4.78, 5) is 15.2. The van der Waals surface area contributed by atoms with Crippen molar-refractivity contribution in [3.8, 4) is 0 Å². The Hall–Kier alpha value is -1.45. The van der Waals surface area contributed by atoms with Crippen LogP contribution in [0.5, 0.6) is 0 Å². The molecule has 0 saturated carbocycles. The first-order chi connectivity index (χ1) is 14.7. The second-order valence-corrected chi connectivity index (χ2v) is 11.7. The number of carbonyl (C=O) groups is 1. The van der Waals surface area contributed by atoms with E-state index in [4.69, 9.17) is 11.6 Å². The van der Waals surface area contributed by atoms with Crippen LogP contribution in [0.2, 0.25) is 5.02 Å². The second kappa shape index (κ2) is 10.9. The van der Waals surface area contributed by atoms with E-state index in [0.29, 0.717) is 12.5 Å². The average Bonchev–Trinajstić information content (AvgIpc) is 3.29. The Labute approximate surface area is 194 Å². The van der Waals surface area contributed by atoms with Gasteiger partial charge >= 0.3 is 0 Å². The van der Waals surface area contributed by atoms with E-state index in [0.717, 1.165) is 48.8 Å². The van der Waals surface area contributed by atoms with Gasteiger partial charge in [-0.25, -0.2) is 8.42 Å². The molecule has 170 valence electrons. The van der Waals surface area contributed by atoms with Gasteiger partial charge in [0.05, 0.1) is 0 Å². The van der Waals surface area contributed by atoms with E-state index >= 15 is 0 Å². The molecule has 2 heterocycles. The van der Waals surface area contributed by atoms with E-state index in [9.17, 15) is 13.2 Å². The molecule has 1 amide bonds. The first-order valence-electron chi connectivity index (χ1n) is 10.5. The number of benzene rings is 1. The van der Waals surface area contributed by atoms with Gasteiger partial charge in [0.2, 0.25) is 5.91 Å². The lowest BCUT2D eigenvalue weighted by Crippen LogP contribution is -2.50. The van der Waals surface area contributed by atoms with E-state index in [2.05, 4.69) is 27.1 Å². The predicted octanol–water partition coefficient (Wildman–Crippen LogP) is 3.73. The van der Waals surface area contributed by atoms with Crippen LogP contribution in [-0.2, 0) is 21.4 Å². The van der Waals surface area contributed by atoms with Gasteiger partial charge in [-0.1, -0.05) is 43.6 Å². The summed E-state index contributed by atoms with van der Waals surface area (Å²) in [7, 11) is -3.70. The van der Waals surface area contributed by atoms with E-state index in [1.165, 1.54) is 5.56 Å². The highest BCUT2D eigenvalue weighted by Gasteiger charge is 2.29. The summed E-state index contributed by atoms with van der Waals surface area (Å²) in [6.07, 6.45) is 2.00. The molecule has 3 rings (SSSR count). The molecular weight excluding hydrogens is 454 g/mol. The predicted molar refractivity (Wildman–Crippen MR) is 126 cm³/mol. The number of nitrogens with one attached hydrogen (secondary N) is 2. The topological polar surface area (TPSA) is 78.5 Å². The molecule has 1 aromatic heterocycles. The average molecular weight is 484 g/mol. The number of carbonyl (C=O) groups excluding carboxylic acids is 1. The molecule has 1 saturated heterocycles. The number of sulfonamides is 1. The maximum atomic E-state index is 12.8. The zero-order chi connectivity index (χ0) is 22.4. The van der Waals surface area contributed by atoms with Crippen molar-refractivity contribution in [2.75, 3.05) is 19.6 Å². The molecule has 2 N–H and O–H groups in total. The molecule has 31 heavy (non-hydrogen) atoms. The van der Waals surface area contributed by atoms with E-state index in [1.54, 1.807) is 17.5 Å². The van der Waals surface area contributed by atoms with Gasteiger partial charge in [-0.05, 0) is 66.9 Å². The number of amides is 1. The summed E-state index contributed by atoms with van der Waals surface area (Å²) in [6, 6.07) is 10.4. The fourth-order valence-corrected chi connectivity index (χ4v) is 6.17. The highest BCUT2D eigenvalue weighted by molar-refractivity contribution is 7.91. The lowest BCUT2D eigenvalue weighted by atomic mass is 9.96. The van der Waals surface area contributed by atoms with Gasteiger partial charge in [-0.2, -0.15) is 4.72 Å². The van der Waals surface area contributed by atoms with Crippen LogP contribution in [0.3, 0.4) is 0 Å². The number of nitrogens with zero attached hydrogens (tertiary/aromatic N) is 1. The summed E-state index contributed by atoms with van der Waals surface area (Å²) in [5.41, 5.74) is 1.24. The van der Waals surface area contributed by atoms with Gasteiger partial charge in [-0.3, -0.25) is 9.69 Å². The zero-order valence-corrected chi connectivity index (χ0v) is 20.3. The monoisotopic (exact) mass is 483 g/mol. The number of rotatable bonds is 9. The Morgan fingerprint density at radius 2 is 1.87 bits per heavy atom. The molecule has 1 aromatic carbocycles. The summed E-state index contributed by atoms with van der Waals surface area (Å²) in [5, 5.41) is 5.43. The SMILES string of the molecule is CC(C)[C@@H](NS(=O)(=O)c1cccs1)C(=O)NCC1CCN(Cc2ccc(Cl)cc2)CC1. The first-order valence-corrected chi connectivity index (χ1v) is 13.3. The first kappa shape index (κ1) is 24.2. The van der Waals surface area contributed by atoms with Crippen molar-refractivity contribution in [3.05, 3.63) is 52.4 Å². The Morgan fingerprint density at radius 1 is 1.19 bits per heavy atom. The molecule has 0 unspecified atom stereocenters. The van der Waals surface area contributed by atoms with Gasteiger partial charge in [0.15, 0.2) is 0 Å². The molecule has 2 aromatic rings. The number of thiophene rings is 1. The minimum absolute atomic E-state index is 0.157. The standard InChI is InChI=1S/C22H30ClN3O3S2/c1-16(2)21(25-31(28,29)20-4-3-13-30-20)22(27)24-14-17-9-11-26(12-10-17)15-18-5-7-19(23)8-6-18/h3-8,13,16-17,21,25H,9-12,14-15H2,1-2H3,(H,24,27)/t21-/m1/s1. The van der Waals surface area contributed by atoms with Crippen LogP contribution in [0.15, 0.2) is 46.0 Å². The zero-order valence-electron chi connectivity index (χ0n) is 17.9. The van der Waals surface area contributed by atoms with Crippen LogP contribution in [0.25, 0.3) is 0 Å². The van der Waals surface area contributed by atoms with Crippen molar-refractivity contribution in [3.63, 3.8) is 0 Å². The van der Waals surface area contributed by atoms with Crippen LogP contribution in [0, 0.1) is 11.8 Å². The Kier molecular flexibility index (Phi) is 8.52. The van der Waals surface area contributed by atoms with Crippen molar-refractivity contribution >= 4 is 38.9 Å². The molecule has 0 spiro atoms. The lowest BCUT2D eigenvalue weighted by molar-refractivity contribution is -0.123. The van der Waals surface area contributed by atoms with Crippen LogP contribution >= 0.6 is 22.9 Å². The third-order valence-corrected chi connectivity index (χ3v) is 8.67. The van der Waals surface area contributed by atoms with Crippen LogP contribution in [-0.4, -0.2) is 44.9 Å². The Balaban J connectivity index is 1.46. The lowest BCUT2D eigenvalue weighted by Gasteiger charge is -2.32. The third kappa shape index (κ3) is 7.02. The highest BCUT2D eigenvalue weighted by Crippen LogP contribution is 2.20. The maximum absolute atomic E-state index is 12.8. The summed E-state index contributed by atoms with van der Waals surface area (Å²) < 4.78 is 27.9. The molecule has 0 aliphatic carbocycles. The van der Waals surface area contributed by atoms with Gasteiger partial charge in [-0.15, -0.1) is 11.3 Å². The van der Waals surface area contributed by atoms with Gasteiger partial charge < -0.3 is 5.32 Å². The van der Waals surface area contributed by atoms with E-state index in [-0.39, 0.29) is 16.0 Å². The molecule has 0 bridgehead atoms.